The summed E-state index contributed by atoms with van der Waals surface area (Å²) >= 11 is 5.84. The second kappa shape index (κ2) is 6.40. The van der Waals surface area contributed by atoms with Gasteiger partial charge in [-0.15, -0.1) is 0 Å². The van der Waals surface area contributed by atoms with E-state index in [1.807, 2.05) is 18.5 Å². The van der Waals surface area contributed by atoms with E-state index in [9.17, 15) is 0 Å². The van der Waals surface area contributed by atoms with Gasteiger partial charge in [-0.2, -0.15) is 10.4 Å². The number of nitrogens with one attached hydrogen (secondary N) is 1. The minimum Gasteiger partial charge on any atom is -0.370 e. The van der Waals surface area contributed by atoms with E-state index in [1.165, 1.54) is 0 Å². The molecule has 104 valence electrons. The van der Waals surface area contributed by atoms with Crippen molar-refractivity contribution in [2.24, 2.45) is 0 Å². The molecular weight excluding hydrogens is 274 g/mol. The van der Waals surface area contributed by atoms with Gasteiger partial charge in [-0.3, -0.25) is 4.68 Å². The molecule has 0 atom stereocenters. The molecule has 2 heterocycles. The normalized spacial score (nSPS) is 10.3. The average molecular weight is 290 g/mol. The molecule has 0 bridgehead atoms. The van der Waals surface area contributed by atoms with E-state index in [2.05, 4.69) is 27.5 Å². The molecule has 5 nitrogen and oxygen atoms in total. The molecule has 0 amide bonds. The highest BCUT2D eigenvalue weighted by molar-refractivity contribution is 6.29. The maximum atomic E-state index is 8.86. The summed E-state index contributed by atoms with van der Waals surface area (Å²) in [7, 11) is 0. The number of anilines is 1. The van der Waals surface area contributed by atoms with Gasteiger partial charge in [0.2, 0.25) is 0 Å². The minimum atomic E-state index is 0.324. The van der Waals surface area contributed by atoms with Crippen LogP contribution in [-0.2, 0) is 6.54 Å². The Hall–Kier alpha value is -2.06. The van der Waals surface area contributed by atoms with E-state index in [0.717, 1.165) is 30.9 Å². The number of aryl methyl sites for hydroxylation is 3. The summed E-state index contributed by atoms with van der Waals surface area (Å²) in [6, 6.07) is 7.35. The second-order valence-electron chi connectivity index (χ2n) is 4.61. The van der Waals surface area contributed by atoms with Crippen LogP contribution in [0.1, 0.15) is 23.4 Å². The predicted octanol–water partition coefficient (Wildman–Crippen LogP) is 2.92. The summed E-state index contributed by atoms with van der Waals surface area (Å²) in [6.45, 7) is 5.63. The summed E-state index contributed by atoms with van der Waals surface area (Å²) in [5.41, 5.74) is 2.70. The second-order valence-corrected chi connectivity index (χ2v) is 4.99. The van der Waals surface area contributed by atoms with E-state index >= 15 is 0 Å². The van der Waals surface area contributed by atoms with Gasteiger partial charge in [-0.05, 0) is 38.5 Å². The first-order valence-electron chi connectivity index (χ1n) is 6.41. The fourth-order valence-electron chi connectivity index (χ4n) is 2.00. The zero-order valence-electron chi connectivity index (χ0n) is 11.5. The summed E-state index contributed by atoms with van der Waals surface area (Å²) in [4.78, 5) is 4.13. The minimum absolute atomic E-state index is 0.324. The topological polar surface area (TPSA) is 66.5 Å². The smallest absolute Gasteiger partial charge is 0.132 e. The van der Waals surface area contributed by atoms with Crippen molar-refractivity contribution in [1.82, 2.24) is 14.8 Å². The lowest BCUT2D eigenvalue weighted by Crippen LogP contribution is -2.09. The highest BCUT2D eigenvalue weighted by atomic mass is 35.5. The quantitative estimate of drug-likeness (QED) is 0.679. The molecule has 20 heavy (non-hydrogen) atoms. The molecule has 0 aromatic carbocycles. The highest BCUT2D eigenvalue weighted by Gasteiger charge is 2.02. The zero-order valence-corrected chi connectivity index (χ0v) is 12.3. The van der Waals surface area contributed by atoms with Crippen LogP contribution in [0.2, 0.25) is 5.15 Å². The molecular formula is C14H16ClN5. The van der Waals surface area contributed by atoms with Gasteiger partial charge in [0.15, 0.2) is 0 Å². The molecule has 0 aliphatic carbocycles. The van der Waals surface area contributed by atoms with Crippen LogP contribution < -0.4 is 5.32 Å². The first-order chi connectivity index (χ1) is 9.58. The lowest BCUT2D eigenvalue weighted by atomic mass is 10.3. The molecule has 6 heteroatoms. The number of aromatic nitrogens is 3. The third-order valence-corrected chi connectivity index (χ3v) is 3.07. The predicted molar refractivity (Wildman–Crippen MR) is 78.8 cm³/mol. The molecule has 0 saturated heterocycles. The Labute approximate surface area is 123 Å². The third kappa shape index (κ3) is 3.72. The Balaban J connectivity index is 1.86. The molecule has 0 radical (unpaired) electrons. The van der Waals surface area contributed by atoms with Crippen molar-refractivity contribution in [3.05, 3.63) is 40.3 Å². The fraction of sp³-hybridized carbons (Fsp3) is 0.357. The molecule has 2 aromatic heterocycles. The number of hydrogen-bond donors (Lipinski definition) is 1. The first-order valence-corrected chi connectivity index (χ1v) is 6.79. The lowest BCUT2D eigenvalue weighted by Gasteiger charge is -2.07. The Morgan fingerprint density at radius 1 is 1.35 bits per heavy atom. The van der Waals surface area contributed by atoms with Gasteiger partial charge in [0.25, 0.3) is 0 Å². The van der Waals surface area contributed by atoms with Crippen LogP contribution in [0.3, 0.4) is 0 Å². The summed E-state index contributed by atoms with van der Waals surface area (Å²) in [6.07, 6.45) is 0.915. The van der Waals surface area contributed by atoms with Crippen molar-refractivity contribution >= 4 is 17.4 Å². The highest BCUT2D eigenvalue weighted by Crippen LogP contribution is 2.13. The summed E-state index contributed by atoms with van der Waals surface area (Å²) in [5, 5.41) is 16.8. The van der Waals surface area contributed by atoms with Crippen LogP contribution >= 0.6 is 11.6 Å². The molecule has 0 unspecified atom stereocenters. The van der Waals surface area contributed by atoms with Crippen molar-refractivity contribution < 1.29 is 0 Å². The van der Waals surface area contributed by atoms with Crippen LogP contribution in [0, 0.1) is 25.2 Å². The van der Waals surface area contributed by atoms with Gasteiger partial charge < -0.3 is 5.32 Å². The maximum Gasteiger partial charge on any atom is 0.132 e. The standard InChI is InChI=1S/C14H16ClN5/c1-10-6-11(2)20(19-10)5-3-4-17-14-8-12(9-16)7-13(15)18-14/h6-8H,3-5H2,1-2H3,(H,17,18). The molecule has 0 spiro atoms. The average Bonchev–Trinajstić information content (AvgIpc) is 2.72. The fourth-order valence-corrected chi connectivity index (χ4v) is 2.21. The van der Waals surface area contributed by atoms with Crippen LogP contribution in [0.25, 0.3) is 0 Å². The maximum absolute atomic E-state index is 8.86. The van der Waals surface area contributed by atoms with Gasteiger partial charge >= 0.3 is 0 Å². The largest absolute Gasteiger partial charge is 0.370 e. The monoisotopic (exact) mass is 289 g/mol. The van der Waals surface area contributed by atoms with Crippen LogP contribution in [-0.4, -0.2) is 21.3 Å². The number of halogens is 1. The Kier molecular flexibility index (Phi) is 4.59. The molecule has 0 aliphatic heterocycles. The number of hydrogen-bond acceptors (Lipinski definition) is 4. The Morgan fingerprint density at radius 3 is 2.80 bits per heavy atom. The molecule has 2 rings (SSSR count). The van der Waals surface area contributed by atoms with E-state index < -0.39 is 0 Å². The van der Waals surface area contributed by atoms with Gasteiger partial charge in [0, 0.05) is 18.8 Å². The van der Waals surface area contributed by atoms with Crippen molar-refractivity contribution in [3.8, 4) is 6.07 Å². The van der Waals surface area contributed by atoms with E-state index in [4.69, 9.17) is 16.9 Å². The number of pyridine rings is 1. The van der Waals surface area contributed by atoms with Crippen LogP contribution in [0.5, 0.6) is 0 Å². The van der Waals surface area contributed by atoms with Gasteiger partial charge in [-0.1, -0.05) is 11.6 Å². The third-order valence-electron chi connectivity index (χ3n) is 2.88. The number of nitriles is 1. The zero-order chi connectivity index (χ0) is 14.5. The van der Waals surface area contributed by atoms with Gasteiger partial charge in [0.1, 0.15) is 11.0 Å². The molecule has 2 aromatic rings. The van der Waals surface area contributed by atoms with Crippen molar-refractivity contribution in [3.63, 3.8) is 0 Å². The van der Waals surface area contributed by atoms with Gasteiger partial charge in [0.05, 0.1) is 17.3 Å². The molecule has 1 N–H and O–H groups in total. The van der Waals surface area contributed by atoms with E-state index in [-0.39, 0.29) is 0 Å². The number of rotatable bonds is 5. The molecule has 0 aliphatic rings. The van der Waals surface area contributed by atoms with Crippen molar-refractivity contribution in [2.45, 2.75) is 26.8 Å². The lowest BCUT2D eigenvalue weighted by molar-refractivity contribution is 0.573. The Bertz CT molecular complexity index is 641. The van der Waals surface area contributed by atoms with Gasteiger partial charge in [-0.25, -0.2) is 4.98 Å². The van der Waals surface area contributed by atoms with E-state index in [0.29, 0.717) is 16.5 Å². The first kappa shape index (κ1) is 14.4. The van der Waals surface area contributed by atoms with Crippen LogP contribution in [0.15, 0.2) is 18.2 Å². The summed E-state index contributed by atoms with van der Waals surface area (Å²) in [5.74, 6) is 0.627. The van der Waals surface area contributed by atoms with Crippen molar-refractivity contribution in [2.75, 3.05) is 11.9 Å². The van der Waals surface area contributed by atoms with Crippen LogP contribution in [0.4, 0.5) is 5.82 Å². The van der Waals surface area contributed by atoms with Crippen molar-refractivity contribution in [1.29, 1.82) is 5.26 Å². The Morgan fingerprint density at radius 2 is 2.15 bits per heavy atom. The molecule has 0 saturated carbocycles. The SMILES string of the molecule is Cc1cc(C)n(CCCNc2cc(C#N)cc(Cl)n2)n1. The number of nitrogens with zero attached hydrogens (tertiary/aromatic N) is 4. The summed E-state index contributed by atoms with van der Waals surface area (Å²) < 4.78 is 1.99. The molecule has 0 fully saturated rings. The van der Waals surface area contributed by atoms with E-state index in [1.54, 1.807) is 12.1 Å².